The molecule has 0 aliphatic heterocycles. The van der Waals surface area contributed by atoms with Crippen LogP contribution in [0.25, 0.3) is 33.6 Å². The number of aromatic nitrogens is 11. The van der Waals surface area contributed by atoms with E-state index >= 15 is 4.39 Å². The lowest BCUT2D eigenvalue weighted by atomic mass is 10.0. The maximum atomic E-state index is 15.5. The van der Waals surface area contributed by atoms with Gasteiger partial charge in [0.05, 0.1) is 45.6 Å². The van der Waals surface area contributed by atoms with Crippen LogP contribution < -0.4 is 4.73 Å². The zero-order valence-electron chi connectivity index (χ0n) is 24.3. The number of pyridine rings is 2. The highest BCUT2D eigenvalue weighted by atomic mass is 35.5. The zero-order chi connectivity index (χ0) is 33.4. The zero-order valence-corrected chi connectivity index (χ0v) is 25.1. The molecule has 2 aromatic carbocycles. The molecule has 1 atom stereocenters. The molecule has 7 rings (SSSR count). The first-order chi connectivity index (χ1) is 23.2. The number of para-hydroxylation sites is 1. The molecule has 5 heterocycles. The summed E-state index contributed by atoms with van der Waals surface area (Å²) in [6, 6.07) is 16.7. The van der Waals surface area contributed by atoms with Gasteiger partial charge in [-0.15, -0.1) is 5.10 Å². The summed E-state index contributed by atoms with van der Waals surface area (Å²) in [5.41, 5.74) is 1.36. The number of halogens is 5. The Balaban J connectivity index is 1.30. The van der Waals surface area contributed by atoms with E-state index in [4.69, 9.17) is 11.6 Å². The van der Waals surface area contributed by atoms with E-state index in [0.717, 1.165) is 12.3 Å². The van der Waals surface area contributed by atoms with Gasteiger partial charge in [-0.05, 0) is 58.5 Å². The van der Waals surface area contributed by atoms with Crippen molar-refractivity contribution in [2.75, 3.05) is 0 Å². The Morgan fingerprint density at radius 2 is 1.77 bits per heavy atom. The SMILES string of the molecule is [O-][n+]1cc(-c2c(-n3cnnn3)ccc(Cl)c2F)ccc1C(Cc1cnn(-c2ccccc2)n1)n1cc(-c2ccnc(C(F)(F)F)c2)cn1. The molecule has 0 amide bonds. The van der Waals surface area contributed by atoms with Crippen LogP contribution in [0.4, 0.5) is 17.6 Å². The van der Waals surface area contributed by atoms with E-state index in [1.165, 1.54) is 63.3 Å². The second kappa shape index (κ2) is 12.3. The Bertz CT molecular complexity index is 2220. The molecular weight excluding hydrogens is 654 g/mol. The molecule has 0 saturated heterocycles. The molecule has 0 fully saturated rings. The van der Waals surface area contributed by atoms with Gasteiger partial charge in [0.1, 0.15) is 18.1 Å². The average Bonchev–Trinajstić information content (AvgIpc) is 3.88. The first kappa shape index (κ1) is 30.6. The highest BCUT2D eigenvalue weighted by Gasteiger charge is 2.33. The number of benzene rings is 2. The lowest BCUT2D eigenvalue weighted by Gasteiger charge is -2.17. The first-order valence-electron chi connectivity index (χ1n) is 14.1. The largest absolute Gasteiger partial charge is 0.618 e. The van der Waals surface area contributed by atoms with Crippen molar-refractivity contribution in [2.24, 2.45) is 0 Å². The van der Waals surface area contributed by atoms with Crippen LogP contribution in [0.5, 0.6) is 0 Å². The van der Waals surface area contributed by atoms with Gasteiger partial charge < -0.3 is 5.21 Å². The van der Waals surface area contributed by atoms with Crippen LogP contribution in [0.15, 0.2) is 104 Å². The van der Waals surface area contributed by atoms with Crippen molar-refractivity contribution in [1.29, 1.82) is 0 Å². The molecule has 7 aromatic rings. The van der Waals surface area contributed by atoms with Crippen molar-refractivity contribution < 1.29 is 22.3 Å². The molecule has 17 heteroatoms. The Morgan fingerprint density at radius 1 is 0.938 bits per heavy atom. The smallest absolute Gasteiger partial charge is 0.433 e. The van der Waals surface area contributed by atoms with Crippen molar-refractivity contribution in [2.45, 2.75) is 18.6 Å². The highest BCUT2D eigenvalue weighted by Crippen LogP contribution is 2.34. The molecular formula is C31H20ClF4N11O. The fourth-order valence-electron chi connectivity index (χ4n) is 5.20. The van der Waals surface area contributed by atoms with Crippen LogP contribution in [0.1, 0.15) is 23.1 Å². The van der Waals surface area contributed by atoms with Crippen LogP contribution in [0, 0.1) is 11.0 Å². The van der Waals surface area contributed by atoms with Gasteiger partial charge in [-0.2, -0.15) is 42.7 Å². The summed E-state index contributed by atoms with van der Waals surface area (Å²) in [6.07, 6.45) is 3.48. The first-order valence-corrected chi connectivity index (χ1v) is 14.5. The molecule has 48 heavy (non-hydrogen) atoms. The number of hydrogen-bond acceptors (Lipinski definition) is 8. The summed E-state index contributed by atoms with van der Waals surface area (Å²) < 4.78 is 58.9. The van der Waals surface area contributed by atoms with Crippen LogP contribution in [-0.4, -0.2) is 50.0 Å². The van der Waals surface area contributed by atoms with Gasteiger partial charge in [-0.3, -0.25) is 9.67 Å². The van der Waals surface area contributed by atoms with E-state index in [-0.39, 0.29) is 39.5 Å². The minimum absolute atomic E-state index is 0.00663. The minimum atomic E-state index is -4.64. The highest BCUT2D eigenvalue weighted by molar-refractivity contribution is 6.31. The second-order valence-corrected chi connectivity index (χ2v) is 10.9. The normalized spacial score (nSPS) is 12.4. The lowest BCUT2D eigenvalue weighted by molar-refractivity contribution is -0.615. The van der Waals surface area contributed by atoms with Crippen LogP contribution in [-0.2, 0) is 12.6 Å². The number of hydrogen-bond donors (Lipinski definition) is 0. The lowest BCUT2D eigenvalue weighted by Crippen LogP contribution is -2.36. The third-order valence-corrected chi connectivity index (χ3v) is 7.77. The predicted molar refractivity (Wildman–Crippen MR) is 162 cm³/mol. The van der Waals surface area contributed by atoms with Crippen LogP contribution in [0.3, 0.4) is 0 Å². The monoisotopic (exact) mass is 673 g/mol. The second-order valence-electron chi connectivity index (χ2n) is 10.5. The Hall–Kier alpha value is -6.03. The Kier molecular flexibility index (Phi) is 7.84. The summed E-state index contributed by atoms with van der Waals surface area (Å²) in [4.78, 5) is 4.86. The Morgan fingerprint density at radius 3 is 2.52 bits per heavy atom. The minimum Gasteiger partial charge on any atom is -0.618 e. The van der Waals surface area contributed by atoms with Gasteiger partial charge in [0.15, 0.2) is 12.0 Å². The van der Waals surface area contributed by atoms with Crippen molar-refractivity contribution in [3.8, 4) is 33.6 Å². The molecule has 0 spiro atoms. The third kappa shape index (κ3) is 5.95. The maximum absolute atomic E-state index is 15.5. The molecule has 0 bridgehead atoms. The maximum Gasteiger partial charge on any atom is 0.433 e. The predicted octanol–water partition coefficient (Wildman–Crippen LogP) is 5.45. The molecule has 0 radical (unpaired) electrons. The molecule has 240 valence electrons. The summed E-state index contributed by atoms with van der Waals surface area (Å²) in [5.74, 6) is -0.779. The van der Waals surface area contributed by atoms with Gasteiger partial charge in [-0.1, -0.05) is 29.8 Å². The Labute approximate surface area is 273 Å². The molecule has 0 N–H and O–H groups in total. The van der Waals surface area contributed by atoms with E-state index in [1.54, 1.807) is 12.3 Å². The quantitative estimate of drug-likeness (QED) is 0.118. The summed E-state index contributed by atoms with van der Waals surface area (Å²) in [5, 5.41) is 38.0. The van der Waals surface area contributed by atoms with E-state index < -0.39 is 23.7 Å². The summed E-state index contributed by atoms with van der Waals surface area (Å²) in [7, 11) is 0. The van der Waals surface area contributed by atoms with Crippen LogP contribution in [0.2, 0.25) is 5.02 Å². The number of tetrazole rings is 1. The van der Waals surface area contributed by atoms with Crippen molar-refractivity contribution >= 4 is 11.6 Å². The molecule has 0 saturated carbocycles. The molecule has 0 aliphatic rings. The molecule has 1 unspecified atom stereocenters. The summed E-state index contributed by atoms with van der Waals surface area (Å²) in [6.45, 7) is 0. The van der Waals surface area contributed by atoms with E-state index in [0.29, 0.717) is 21.7 Å². The third-order valence-electron chi connectivity index (χ3n) is 7.48. The molecule has 12 nitrogen and oxygen atoms in total. The topological polar surface area (TPSA) is 132 Å². The van der Waals surface area contributed by atoms with E-state index in [1.807, 2.05) is 30.3 Å². The number of nitrogens with zero attached hydrogens (tertiary/aromatic N) is 11. The van der Waals surface area contributed by atoms with Gasteiger partial charge in [0.2, 0.25) is 5.69 Å². The standard InChI is InChI=1S/C31H20ClF4N11O/c32-24-7-9-26(45-18-38-42-43-45)29(30(24)33)20-6-8-25(46(48)17-20)27(13-22-15-40-47(41-22)23-4-2-1-3-5-23)44-16-21(14-39-44)19-10-11-37-28(12-19)31(34,35)36/h1-12,14-18,27H,13H2. The summed E-state index contributed by atoms with van der Waals surface area (Å²) >= 11 is 6.11. The van der Waals surface area contributed by atoms with Crippen molar-refractivity contribution in [1.82, 2.24) is 50.0 Å². The van der Waals surface area contributed by atoms with Crippen molar-refractivity contribution in [3.05, 3.63) is 137 Å². The molecule has 0 aliphatic carbocycles. The van der Waals surface area contributed by atoms with E-state index in [2.05, 4.69) is 35.8 Å². The van der Waals surface area contributed by atoms with Gasteiger partial charge in [-0.25, -0.2) is 4.39 Å². The van der Waals surface area contributed by atoms with E-state index in [9.17, 15) is 18.4 Å². The van der Waals surface area contributed by atoms with Crippen LogP contribution >= 0.6 is 11.6 Å². The van der Waals surface area contributed by atoms with Crippen molar-refractivity contribution in [3.63, 3.8) is 0 Å². The van der Waals surface area contributed by atoms with Gasteiger partial charge in [0.25, 0.3) is 0 Å². The van der Waals surface area contributed by atoms with Gasteiger partial charge >= 0.3 is 6.18 Å². The van der Waals surface area contributed by atoms with Gasteiger partial charge in [0, 0.05) is 30.4 Å². The average molecular weight is 674 g/mol. The number of alkyl halides is 3. The fraction of sp³-hybridized carbons (Fsp3) is 0.0968. The fourth-order valence-corrected chi connectivity index (χ4v) is 5.36. The molecule has 5 aromatic heterocycles. The number of rotatable bonds is 8.